The second-order valence-electron chi connectivity index (χ2n) is 6.05. The van der Waals surface area contributed by atoms with E-state index in [1.54, 1.807) is 24.5 Å². The molecule has 2 heterocycles. The molecule has 1 saturated heterocycles. The Bertz CT molecular complexity index is 758. The largest absolute Gasteiger partial charge is 0.366 e. The SMILES string of the molecule is O=C(NCc1ccncc1)c1ccc(N2CCCCC2)c([N+](=O)[O-])c1. The van der Waals surface area contributed by atoms with Gasteiger partial charge in [-0.1, -0.05) is 0 Å². The number of nitro groups is 1. The second kappa shape index (κ2) is 7.74. The van der Waals surface area contributed by atoms with Gasteiger partial charge in [0.1, 0.15) is 5.69 Å². The minimum atomic E-state index is -0.413. The van der Waals surface area contributed by atoms with Gasteiger partial charge in [-0.05, 0) is 49.1 Å². The van der Waals surface area contributed by atoms with Crippen LogP contribution in [-0.2, 0) is 6.54 Å². The Morgan fingerprint density at radius 1 is 1.16 bits per heavy atom. The summed E-state index contributed by atoms with van der Waals surface area (Å²) in [7, 11) is 0. The summed E-state index contributed by atoms with van der Waals surface area (Å²) in [5, 5.41) is 14.2. The number of piperidine rings is 1. The van der Waals surface area contributed by atoms with E-state index in [-0.39, 0.29) is 11.6 Å². The average Bonchev–Trinajstić information content (AvgIpc) is 2.67. The van der Waals surface area contributed by atoms with Crippen molar-refractivity contribution in [3.05, 3.63) is 64.0 Å². The molecule has 130 valence electrons. The molecule has 3 rings (SSSR count). The van der Waals surface area contributed by atoms with Crippen LogP contribution in [0.25, 0.3) is 0 Å². The monoisotopic (exact) mass is 340 g/mol. The number of nitrogens with one attached hydrogen (secondary N) is 1. The Hall–Kier alpha value is -2.96. The third kappa shape index (κ3) is 4.12. The Balaban J connectivity index is 1.76. The predicted octanol–water partition coefficient (Wildman–Crippen LogP) is 2.91. The van der Waals surface area contributed by atoms with Gasteiger partial charge in [-0.2, -0.15) is 0 Å². The maximum absolute atomic E-state index is 12.3. The summed E-state index contributed by atoms with van der Waals surface area (Å²) in [4.78, 5) is 29.3. The molecular formula is C18H20N4O3. The van der Waals surface area contributed by atoms with Gasteiger partial charge in [0.2, 0.25) is 0 Å². The van der Waals surface area contributed by atoms with E-state index < -0.39 is 4.92 Å². The van der Waals surface area contributed by atoms with Gasteiger partial charge >= 0.3 is 0 Å². The molecule has 1 aromatic carbocycles. The minimum absolute atomic E-state index is 0.0153. The third-order valence-electron chi connectivity index (χ3n) is 4.33. The van der Waals surface area contributed by atoms with Crippen LogP contribution in [0.15, 0.2) is 42.7 Å². The molecule has 0 unspecified atom stereocenters. The molecule has 1 N–H and O–H groups in total. The number of amides is 1. The molecule has 0 aliphatic carbocycles. The van der Waals surface area contributed by atoms with Crippen molar-refractivity contribution in [2.45, 2.75) is 25.8 Å². The predicted molar refractivity (Wildman–Crippen MR) is 94.6 cm³/mol. The van der Waals surface area contributed by atoms with Gasteiger partial charge in [-0.3, -0.25) is 19.9 Å². The van der Waals surface area contributed by atoms with Crippen LogP contribution < -0.4 is 10.2 Å². The zero-order valence-corrected chi connectivity index (χ0v) is 13.9. The number of carbonyl (C=O) groups excluding carboxylic acids is 1. The maximum atomic E-state index is 12.3. The molecule has 1 fully saturated rings. The Labute approximate surface area is 145 Å². The highest BCUT2D eigenvalue weighted by Gasteiger charge is 2.23. The van der Waals surface area contributed by atoms with E-state index in [2.05, 4.69) is 10.3 Å². The number of anilines is 1. The smallest absolute Gasteiger partial charge is 0.293 e. The van der Waals surface area contributed by atoms with Gasteiger partial charge in [0, 0.05) is 43.7 Å². The topological polar surface area (TPSA) is 88.4 Å². The first-order valence-electron chi connectivity index (χ1n) is 8.35. The zero-order valence-electron chi connectivity index (χ0n) is 13.9. The number of benzene rings is 1. The van der Waals surface area contributed by atoms with Crippen LogP contribution in [-0.4, -0.2) is 28.9 Å². The fourth-order valence-corrected chi connectivity index (χ4v) is 3.00. The summed E-state index contributed by atoms with van der Waals surface area (Å²) in [6, 6.07) is 8.32. The van der Waals surface area contributed by atoms with Crippen LogP contribution in [0.3, 0.4) is 0 Å². The van der Waals surface area contributed by atoms with Gasteiger partial charge in [0.25, 0.3) is 11.6 Å². The van der Waals surface area contributed by atoms with Crippen molar-refractivity contribution in [2.75, 3.05) is 18.0 Å². The van der Waals surface area contributed by atoms with Crippen molar-refractivity contribution >= 4 is 17.3 Å². The summed E-state index contributed by atoms with van der Waals surface area (Å²) in [5.74, 6) is -0.329. The van der Waals surface area contributed by atoms with Gasteiger partial charge in [-0.25, -0.2) is 0 Å². The van der Waals surface area contributed by atoms with E-state index in [0.717, 1.165) is 37.9 Å². The van der Waals surface area contributed by atoms with Crippen molar-refractivity contribution in [2.24, 2.45) is 0 Å². The first-order valence-corrected chi connectivity index (χ1v) is 8.35. The second-order valence-corrected chi connectivity index (χ2v) is 6.05. The highest BCUT2D eigenvalue weighted by atomic mass is 16.6. The summed E-state index contributed by atoms with van der Waals surface area (Å²) >= 11 is 0. The fourth-order valence-electron chi connectivity index (χ4n) is 3.00. The molecule has 1 aliphatic rings. The third-order valence-corrected chi connectivity index (χ3v) is 4.33. The molecule has 1 aliphatic heterocycles. The first-order chi connectivity index (χ1) is 12.1. The van der Waals surface area contributed by atoms with Crippen molar-refractivity contribution in [3.8, 4) is 0 Å². The first kappa shape index (κ1) is 16.9. The fraction of sp³-hybridized carbons (Fsp3) is 0.333. The van der Waals surface area contributed by atoms with Crippen molar-refractivity contribution in [1.29, 1.82) is 0 Å². The van der Waals surface area contributed by atoms with E-state index in [1.807, 2.05) is 17.0 Å². The summed E-state index contributed by atoms with van der Waals surface area (Å²) in [6.07, 6.45) is 6.52. The molecule has 7 nitrogen and oxygen atoms in total. The number of carbonyl (C=O) groups is 1. The molecule has 2 aromatic rings. The lowest BCUT2D eigenvalue weighted by atomic mass is 10.1. The van der Waals surface area contributed by atoms with Crippen molar-refractivity contribution in [1.82, 2.24) is 10.3 Å². The molecule has 25 heavy (non-hydrogen) atoms. The number of hydrogen-bond donors (Lipinski definition) is 1. The number of pyridine rings is 1. The highest BCUT2D eigenvalue weighted by molar-refractivity contribution is 5.95. The van der Waals surface area contributed by atoms with Gasteiger partial charge in [0.05, 0.1) is 4.92 Å². The van der Waals surface area contributed by atoms with Crippen LogP contribution >= 0.6 is 0 Å². The molecule has 1 amide bonds. The van der Waals surface area contributed by atoms with E-state index in [4.69, 9.17) is 0 Å². The van der Waals surface area contributed by atoms with Crippen LogP contribution in [0.2, 0.25) is 0 Å². The normalized spacial score (nSPS) is 14.2. The number of nitrogens with zero attached hydrogens (tertiary/aromatic N) is 3. The number of hydrogen-bond acceptors (Lipinski definition) is 5. The van der Waals surface area contributed by atoms with E-state index in [9.17, 15) is 14.9 Å². The summed E-state index contributed by atoms with van der Waals surface area (Å²) in [6.45, 7) is 1.98. The molecule has 0 spiro atoms. The van der Waals surface area contributed by atoms with Gasteiger partial charge in [0.15, 0.2) is 0 Å². The molecule has 1 aromatic heterocycles. The van der Waals surface area contributed by atoms with Crippen LogP contribution in [0.5, 0.6) is 0 Å². The lowest BCUT2D eigenvalue weighted by Gasteiger charge is -2.28. The number of rotatable bonds is 5. The molecular weight excluding hydrogens is 320 g/mol. The number of aromatic nitrogens is 1. The van der Waals surface area contributed by atoms with Gasteiger partial charge < -0.3 is 10.2 Å². The molecule has 0 radical (unpaired) electrons. The average molecular weight is 340 g/mol. The van der Waals surface area contributed by atoms with Crippen molar-refractivity contribution < 1.29 is 9.72 Å². The zero-order chi connectivity index (χ0) is 17.6. The van der Waals surface area contributed by atoms with E-state index in [1.165, 1.54) is 6.07 Å². The quantitative estimate of drug-likeness (QED) is 0.668. The highest BCUT2D eigenvalue weighted by Crippen LogP contribution is 2.31. The number of nitro benzene ring substituents is 1. The molecule has 7 heteroatoms. The maximum Gasteiger partial charge on any atom is 0.293 e. The lowest BCUT2D eigenvalue weighted by molar-refractivity contribution is -0.384. The molecule has 0 saturated carbocycles. The molecule has 0 atom stereocenters. The Morgan fingerprint density at radius 2 is 1.88 bits per heavy atom. The van der Waals surface area contributed by atoms with Crippen LogP contribution in [0, 0.1) is 10.1 Å². The van der Waals surface area contributed by atoms with E-state index in [0.29, 0.717) is 17.8 Å². The van der Waals surface area contributed by atoms with Crippen molar-refractivity contribution in [3.63, 3.8) is 0 Å². The molecule has 0 bridgehead atoms. The Kier molecular flexibility index (Phi) is 5.23. The summed E-state index contributed by atoms with van der Waals surface area (Å²) in [5.41, 5.74) is 1.79. The lowest BCUT2D eigenvalue weighted by Crippen LogP contribution is -2.30. The summed E-state index contributed by atoms with van der Waals surface area (Å²) < 4.78 is 0. The van der Waals surface area contributed by atoms with Gasteiger partial charge in [-0.15, -0.1) is 0 Å². The minimum Gasteiger partial charge on any atom is -0.366 e. The Morgan fingerprint density at radius 3 is 2.56 bits per heavy atom. The van der Waals surface area contributed by atoms with Crippen LogP contribution in [0.1, 0.15) is 35.2 Å². The standard InChI is InChI=1S/C18H20N4O3/c23-18(20-13-14-6-8-19-9-7-14)15-4-5-16(17(12-15)22(24)25)21-10-2-1-3-11-21/h4-9,12H,1-3,10-11,13H2,(H,20,23). The van der Waals surface area contributed by atoms with Crippen LogP contribution in [0.4, 0.5) is 11.4 Å². The van der Waals surface area contributed by atoms with E-state index >= 15 is 0 Å².